The highest BCUT2D eigenvalue weighted by atomic mass is 16.5. The maximum absolute atomic E-state index is 5.88. The van der Waals surface area contributed by atoms with Gasteiger partial charge in [-0.3, -0.25) is 4.98 Å². The molecule has 82 valence electrons. The van der Waals surface area contributed by atoms with E-state index in [1.807, 2.05) is 13.1 Å². The molecule has 0 bridgehead atoms. The van der Waals surface area contributed by atoms with Crippen LogP contribution in [0.4, 0.5) is 0 Å². The van der Waals surface area contributed by atoms with Crippen LogP contribution in [0.1, 0.15) is 44.9 Å². The quantitative estimate of drug-likeness (QED) is 0.739. The molecular weight excluding hydrogens is 186 g/mol. The summed E-state index contributed by atoms with van der Waals surface area (Å²) in [7, 11) is 0. The van der Waals surface area contributed by atoms with E-state index in [0.717, 1.165) is 11.4 Å². The fourth-order valence-electron chi connectivity index (χ4n) is 1.59. The van der Waals surface area contributed by atoms with Crippen LogP contribution in [0.3, 0.4) is 0 Å². The van der Waals surface area contributed by atoms with Gasteiger partial charge in [0.2, 0.25) is 0 Å². The largest absolute Gasteiger partial charge is 0.489 e. The van der Waals surface area contributed by atoms with Crippen LogP contribution < -0.4 is 4.74 Å². The molecule has 1 fully saturated rings. The molecule has 0 aliphatic heterocycles. The summed E-state index contributed by atoms with van der Waals surface area (Å²) >= 11 is 0. The van der Waals surface area contributed by atoms with E-state index in [4.69, 9.17) is 4.74 Å². The Bertz CT molecular complexity index is 361. The van der Waals surface area contributed by atoms with Gasteiger partial charge < -0.3 is 4.74 Å². The fourth-order valence-corrected chi connectivity index (χ4v) is 1.59. The van der Waals surface area contributed by atoms with E-state index in [0.29, 0.717) is 6.10 Å². The Balaban J connectivity index is 2.34. The average Bonchev–Trinajstić information content (AvgIpc) is 2.90. The molecule has 0 aromatic carbocycles. The number of rotatable bonds is 2. The molecule has 2 rings (SSSR count). The van der Waals surface area contributed by atoms with E-state index >= 15 is 0 Å². The number of aryl methyl sites for hydroxylation is 1. The van der Waals surface area contributed by atoms with Crippen LogP contribution in [0.15, 0.2) is 12.3 Å². The average molecular weight is 205 g/mol. The second-order valence-corrected chi connectivity index (χ2v) is 5.39. The van der Waals surface area contributed by atoms with Crippen molar-refractivity contribution in [2.24, 2.45) is 0 Å². The first kappa shape index (κ1) is 10.5. The second kappa shape index (κ2) is 3.51. The Morgan fingerprint density at radius 2 is 2.00 bits per heavy atom. The number of ether oxygens (including phenoxy) is 1. The normalized spacial score (nSPS) is 16.5. The van der Waals surface area contributed by atoms with Crippen molar-refractivity contribution in [3.05, 3.63) is 23.5 Å². The molecule has 0 atom stereocenters. The van der Waals surface area contributed by atoms with Gasteiger partial charge in [-0.05, 0) is 31.2 Å². The monoisotopic (exact) mass is 205 g/mol. The predicted octanol–water partition coefficient (Wildman–Crippen LogP) is 3.23. The molecule has 1 aromatic rings. The highest BCUT2D eigenvalue weighted by Crippen LogP contribution is 2.35. The van der Waals surface area contributed by atoms with Crippen LogP contribution in [0.2, 0.25) is 0 Å². The third kappa shape index (κ3) is 2.49. The highest BCUT2D eigenvalue weighted by molar-refractivity contribution is 5.38. The Kier molecular flexibility index (Phi) is 2.45. The van der Waals surface area contributed by atoms with Crippen molar-refractivity contribution >= 4 is 0 Å². The van der Waals surface area contributed by atoms with E-state index < -0.39 is 0 Å². The molecule has 1 aliphatic rings. The minimum Gasteiger partial charge on any atom is -0.489 e. The van der Waals surface area contributed by atoms with Gasteiger partial charge >= 0.3 is 0 Å². The van der Waals surface area contributed by atoms with E-state index in [9.17, 15) is 0 Å². The molecule has 1 heterocycles. The SMILES string of the molecule is Cc1cc(C(C)(C)C)c(OC2CC2)cn1. The van der Waals surface area contributed by atoms with Crippen LogP contribution in [-0.4, -0.2) is 11.1 Å². The fraction of sp³-hybridized carbons (Fsp3) is 0.615. The molecule has 0 saturated heterocycles. The van der Waals surface area contributed by atoms with Gasteiger partial charge in [0.1, 0.15) is 5.75 Å². The van der Waals surface area contributed by atoms with Gasteiger partial charge in [-0.1, -0.05) is 20.8 Å². The van der Waals surface area contributed by atoms with Gasteiger partial charge in [-0.2, -0.15) is 0 Å². The molecule has 15 heavy (non-hydrogen) atoms. The van der Waals surface area contributed by atoms with Gasteiger partial charge in [0.25, 0.3) is 0 Å². The first-order chi connectivity index (χ1) is 6.97. The second-order valence-electron chi connectivity index (χ2n) is 5.39. The van der Waals surface area contributed by atoms with E-state index in [-0.39, 0.29) is 5.41 Å². The first-order valence-corrected chi connectivity index (χ1v) is 5.60. The standard InChI is InChI=1S/C13H19NO/c1-9-7-11(13(2,3)4)12(8-14-9)15-10-5-6-10/h7-8,10H,5-6H2,1-4H3. The van der Waals surface area contributed by atoms with Crippen LogP contribution in [0.5, 0.6) is 5.75 Å². The van der Waals surface area contributed by atoms with Gasteiger partial charge in [-0.15, -0.1) is 0 Å². The van der Waals surface area contributed by atoms with Gasteiger partial charge in [0.15, 0.2) is 0 Å². The third-order valence-corrected chi connectivity index (χ3v) is 2.63. The predicted molar refractivity (Wildman–Crippen MR) is 61.3 cm³/mol. The van der Waals surface area contributed by atoms with Gasteiger partial charge in [0.05, 0.1) is 12.3 Å². The molecule has 1 saturated carbocycles. The minimum absolute atomic E-state index is 0.123. The van der Waals surface area contributed by atoms with E-state index in [1.165, 1.54) is 18.4 Å². The Morgan fingerprint density at radius 3 is 2.53 bits per heavy atom. The van der Waals surface area contributed by atoms with Gasteiger partial charge in [-0.25, -0.2) is 0 Å². The number of pyridine rings is 1. The van der Waals surface area contributed by atoms with Crippen LogP contribution in [0, 0.1) is 6.92 Å². The highest BCUT2D eigenvalue weighted by Gasteiger charge is 2.27. The molecule has 0 N–H and O–H groups in total. The Morgan fingerprint density at radius 1 is 1.33 bits per heavy atom. The first-order valence-electron chi connectivity index (χ1n) is 5.60. The lowest BCUT2D eigenvalue weighted by Crippen LogP contribution is -2.14. The molecule has 0 spiro atoms. The summed E-state index contributed by atoms with van der Waals surface area (Å²) < 4.78 is 5.88. The molecule has 0 amide bonds. The lowest BCUT2D eigenvalue weighted by Gasteiger charge is -2.22. The number of hydrogen-bond donors (Lipinski definition) is 0. The van der Waals surface area contributed by atoms with Gasteiger partial charge in [0, 0.05) is 11.3 Å². The lowest BCUT2D eigenvalue weighted by molar-refractivity contribution is 0.293. The maximum Gasteiger partial charge on any atom is 0.141 e. The molecule has 2 heteroatoms. The molecule has 1 aliphatic carbocycles. The number of hydrogen-bond acceptors (Lipinski definition) is 2. The zero-order valence-electron chi connectivity index (χ0n) is 10.0. The van der Waals surface area contributed by atoms with Crippen molar-refractivity contribution in [2.75, 3.05) is 0 Å². The maximum atomic E-state index is 5.88. The van der Waals surface area contributed by atoms with Crippen molar-refractivity contribution in [1.82, 2.24) is 4.98 Å². The Hall–Kier alpha value is -1.05. The topological polar surface area (TPSA) is 22.1 Å². The lowest BCUT2D eigenvalue weighted by atomic mass is 9.86. The molecular formula is C13H19NO. The number of aromatic nitrogens is 1. The van der Waals surface area contributed by atoms with Crippen LogP contribution in [0.25, 0.3) is 0 Å². The Labute approximate surface area is 91.7 Å². The zero-order valence-corrected chi connectivity index (χ0v) is 10.0. The summed E-state index contributed by atoms with van der Waals surface area (Å²) in [6.07, 6.45) is 4.69. The summed E-state index contributed by atoms with van der Waals surface area (Å²) in [6.45, 7) is 8.65. The molecule has 1 aromatic heterocycles. The summed E-state index contributed by atoms with van der Waals surface area (Å²) in [4.78, 5) is 4.31. The van der Waals surface area contributed by atoms with Crippen LogP contribution >= 0.6 is 0 Å². The molecule has 0 radical (unpaired) electrons. The number of nitrogens with zero attached hydrogens (tertiary/aromatic N) is 1. The summed E-state index contributed by atoms with van der Waals surface area (Å²) in [5.74, 6) is 0.968. The summed E-state index contributed by atoms with van der Waals surface area (Å²) in [5.41, 5.74) is 2.45. The molecule has 0 unspecified atom stereocenters. The zero-order chi connectivity index (χ0) is 11.1. The van der Waals surface area contributed by atoms with Crippen molar-refractivity contribution in [3.8, 4) is 5.75 Å². The van der Waals surface area contributed by atoms with Crippen LogP contribution in [-0.2, 0) is 5.41 Å². The summed E-state index contributed by atoms with van der Waals surface area (Å²) in [5, 5.41) is 0. The van der Waals surface area contributed by atoms with Crippen molar-refractivity contribution in [3.63, 3.8) is 0 Å². The summed E-state index contributed by atoms with van der Waals surface area (Å²) in [6, 6.07) is 2.14. The molecule has 2 nitrogen and oxygen atoms in total. The smallest absolute Gasteiger partial charge is 0.141 e. The minimum atomic E-state index is 0.123. The van der Waals surface area contributed by atoms with E-state index in [2.05, 4.69) is 31.8 Å². The third-order valence-electron chi connectivity index (χ3n) is 2.63. The van der Waals surface area contributed by atoms with E-state index in [1.54, 1.807) is 0 Å². The van der Waals surface area contributed by atoms with Crippen molar-refractivity contribution in [2.45, 2.75) is 52.1 Å². The van der Waals surface area contributed by atoms with Crippen molar-refractivity contribution < 1.29 is 4.74 Å². The van der Waals surface area contributed by atoms with Crippen molar-refractivity contribution in [1.29, 1.82) is 0 Å².